The summed E-state index contributed by atoms with van der Waals surface area (Å²) < 4.78 is 19.5. The van der Waals surface area contributed by atoms with Gasteiger partial charge in [-0.1, -0.05) is 6.07 Å². The largest absolute Gasteiger partial charge is 0.452 e. The Bertz CT molecular complexity index is 1040. The Hall–Kier alpha value is -3.68. The number of carbonyl (C=O) groups is 2. The second-order valence-corrected chi connectivity index (χ2v) is 5.75. The van der Waals surface area contributed by atoms with Crippen molar-refractivity contribution < 1.29 is 18.7 Å². The first-order valence-electron chi connectivity index (χ1n) is 8.04. The van der Waals surface area contributed by atoms with Crippen LogP contribution in [-0.2, 0) is 9.53 Å². The molecule has 3 rings (SSSR count). The predicted molar refractivity (Wildman–Crippen MR) is 96.4 cm³/mol. The van der Waals surface area contributed by atoms with Crippen LogP contribution in [0.15, 0.2) is 59.5 Å². The van der Waals surface area contributed by atoms with Crippen LogP contribution in [0.3, 0.4) is 0 Å². The lowest BCUT2D eigenvalue weighted by atomic mass is 10.2. The second kappa shape index (κ2) is 7.69. The van der Waals surface area contributed by atoms with Crippen molar-refractivity contribution in [2.24, 2.45) is 0 Å². The lowest BCUT2D eigenvalue weighted by Crippen LogP contribution is -2.21. The van der Waals surface area contributed by atoms with Crippen molar-refractivity contribution in [2.45, 2.75) is 6.92 Å². The van der Waals surface area contributed by atoms with Gasteiger partial charge in [0.15, 0.2) is 6.61 Å². The molecular weight excluding hydrogens is 353 g/mol. The monoisotopic (exact) mass is 369 g/mol. The number of aryl methyl sites for hydroxylation is 1. The van der Waals surface area contributed by atoms with Crippen molar-refractivity contribution in [3.8, 4) is 5.69 Å². The number of halogens is 1. The Morgan fingerprint density at radius 3 is 2.56 bits per heavy atom. The summed E-state index contributed by atoms with van der Waals surface area (Å²) in [6.45, 7) is 1.27. The average Bonchev–Trinajstić information content (AvgIpc) is 2.98. The van der Waals surface area contributed by atoms with Crippen LogP contribution in [0.4, 0.5) is 10.1 Å². The number of esters is 1. The molecule has 3 aromatic rings. The van der Waals surface area contributed by atoms with Crippen LogP contribution >= 0.6 is 0 Å². The zero-order chi connectivity index (χ0) is 19.4. The third-order valence-corrected chi connectivity index (χ3v) is 3.76. The number of rotatable bonds is 5. The Morgan fingerprint density at radius 2 is 1.93 bits per heavy atom. The van der Waals surface area contributed by atoms with Gasteiger partial charge in [-0.25, -0.2) is 14.0 Å². The number of imidazole rings is 1. The van der Waals surface area contributed by atoms with Crippen LogP contribution in [0.2, 0.25) is 0 Å². The Kier molecular flexibility index (Phi) is 5.16. The van der Waals surface area contributed by atoms with E-state index in [0.29, 0.717) is 5.69 Å². The predicted octanol–water partition coefficient (Wildman–Crippen LogP) is 2.41. The lowest BCUT2D eigenvalue weighted by molar-refractivity contribution is -0.119. The first-order valence-corrected chi connectivity index (χ1v) is 8.04. The van der Waals surface area contributed by atoms with Crippen LogP contribution < -0.4 is 11.0 Å². The van der Waals surface area contributed by atoms with E-state index in [-0.39, 0.29) is 16.9 Å². The Morgan fingerprint density at radius 1 is 1.19 bits per heavy atom. The van der Waals surface area contributed by atoms with Gasteiger partial charge in [0.1, 0.15) is 5.82 Å². The summed E-state index contributed by atoms with van der Waals surface area (Å²) in [5.41, 5.74) is 1.55. The quantitative estimate of drug-likeness (QED) is 0.676. The molecular formula is C19H16FN3O4. The molecule has 7 nitrogen and oxygen atoms in total. The summed E-state index contributed by atoms with van der Waals surface area (Å²) >= 11 is 0. The molecule has 0 fully saturated rings. The van der Waals surface area contributed by atoms with E-state index in [1.165, 1.54) is 34.9 Å². The molecule has 0 radical (unpaired) electrons. The molecule has 2 aromatic carbocycles. The maximum absolute atomic E-state index is 13.1. The SMILES string of the molecule is Cc1c[nH]c(=O)n1-c1ccc(C(=O)OCC(=O)Nc2cccc(F)c2)cc1. The Balaban J connectivity index is 1.60. The van der Waals surface area contributed by atoms with Gasteiger partial charge in [0.2, 0.25) is 0 Å². The van der Waals surface area contributed by atoms with Crippen molar-refractivity contribution in [1.82, 2.24) is 9.55 Å². The standard InChI is InChI=1S/C19H16FN3O4/c1-12-10-21-19(26)23(12)16-7-5-13(6-8-16)18(25)27-11-17(24)22-15-4-2-3-14(20)9-15/h2-10H,11H2,1H3,(H,21,26)(H,22,24). The van der Waals surface area contributed by atoms with Gasteiger partial charge >= 0.3 is 11.7 Å². The van der Waals surface area contributed by atoms with Gasteiger partial charge in [0.05, 0.1) is 11.3 Å². The van der Waals surface area contributed by atoms with E-state index in [2.05, 4.69) is 10.3 Å². The number of aromatic nitrogens is 2. The first-order chi connectivity index (χ1) is 12.9. The van der Waals surface area contributed by atoms with Gasteiger partial charge in [0.25, 0.3) is 5.91 Å². The molecule has 0 atom stereocenters. The highest BCUT2D eigenvalue weighted by atomic mass is 19.1. The minimum absolute atomic E-state index is 0.235. The molecule has 8 heteroatoms. The molecule has 0 aliphatic heterocycles. The zero-order valence-electron chi connectivity index (χ0n) is 14.4. The third-order valence-electron chi connectivity index (χ3n) is 3.76. The van der Waals surface area contributed by atoms with E-state index < -0.39 is 24.3 Å². The molecule has 0 unspecified atom stereocenters. The third kappa shape index (κ3) is 4.30. The van der Waals surface area contributed by atoms with Gasteiger partial charge in [0, 0.05) is 17.6 Å². The molecule has 2 N–H and O–H groups in total. The minimum Gasteiger partial charge on any atom is -0.452 e. The lowest BCUT2D eigenvalue weighted by Gasteiger charge is -2.08. The van der Waals surface area contributed by atoms with Crippen molar-refractivity contribution in [1.29, 1.82) is 0 Å². The van der Waals surface area contributed by atoms with Gasteiger partial charge in [-0.3, -0.25) is 9.36 Å². The first kappa shape index (κ1) is 18.1. The number of H-pyrrole nitrogens is 1. The maximum Gasteiger partial charge on any atom is 0.338 e. The van der Waals surface area contributed by atoms with E-state index in [4.69, 9.17) is 4.74 Å². The van der Waals surface area contributed by atoms with E-state index in [1.54, 1.807) is 25.3 Å². The fourth-order valence-electron chi connectivity index (χ4n) is 2.50. The van der Waals surface area contributed by atoms with Crippen molar-refractivity contribution in [3.63, 3.8) is 0 Å². The smallest absolute Gasteiger partial charge is 0.338 e. The van der Waals surface area contributed by atoms with E-state index in [9.17, 15) is 18.8 Å². The number of hydrogen-bond acceptors (Lipinski definition) is 4. The number of ether oxygens (including phenoxy) is 1. The summed E-state index contributed by atoms with van der Waals surface area (Å²) in [5, 5.41) is 2.43. The number of nitrogens with one attached hydrogen (secondary N) is 2. The van der Waals surface area contributed by atoms with E-state index >= 15 is 0 Å². The molecule has 27 heavy (non-hydrogen) atoms. The maximum atomic E-state index is 13.1. The summed E-state index contributed by atoms with van der Waals surface area (Å²) in [6.07, 6.45) is 1.59. The molecule has 0 aliphatic carbocycles. The summed E-state index contributed by atoms with van der Waals surface area (Å²) in [5.74, 6) is -1.75. The number of benzene rings is 2. The number of hydrogen-bond donors (Lipinski definition) is 2. The van der Waals surface area contributed by atoms with E-state index in [1.807, 2.05) is 0 Å². The number of carbonyl (C=O) groups excluding carboxylic acids is 2. The van der Waals surface area contributed by atoms with E-state index in [0.717, 1.165) is 11.8 Å². The fourth-order valence-corrected chi connectivity index (χ4v) is 2.50. The van der Waals surface area contributed by atoms with Crippen molar-refractivity contribution >= 4 is 17.6 Å². The molecule has 0 saturated heterocycles. The number of aromatic amines is 1. The second-order valence-electron chi connectivity index (χ2n) is 5.75. The highest BCUT2D eigenvalue weighted by Gasteiger charge is 2.12. The highest BCUT2D eigenvalue weighted by Crippen LogP contribution is 2.12. The molecule has 1 amide bonds. The number of amides is 1. The molecule has 0 bridgehead atoms. The molecule has 0 spiro atoms. The summed E-state index contributed by atoms with van der Waals surface area (Å²) in [4.78, 5) is 38.2. The summed E-state index contributed by atoms with van der Waals surface area (Å²) in [7, 11) is 0. The Labute approximate surface area is 153 Å². The normalized spacial score (nSPS) is 10.4. The molecule has 1 aromatic heterocycles. The highest BCUT2D eigenvalue weighted by molar-refractivity contribution is 5.95. The minimum atomic E-state index is -0.686. The molecule has 1 heterocycles. The van der Waals surface area contributed by atoms with Crippen LogP contribution in [0.1, 0.15) is 16.1 Å². The summed E-state index contributed by atoms with van der Waals surface area (Å²) in [6, 6.07) is 11.6. The van der Waals surface area contributed by atoms with Crippen LogP contribution in [-0.4, -0.2) is 28.0 Å². The van der Waals surface area contributed by atoms with Crippen LogP contribution in [0.5, 0.6) is 0 Å². The number of nitrogens with zero attached hydrogens (tertiary/aromatic N) is 1. The van der Waals surface area contributed by atoms with Crippen molar-refractivity contribution in [2.75, 3.05) is 11.9 Å². The molecule has 0 aliphatic rings. The van der Waals surface area contributed by atoms with Crippen molar-refractivity contribution in [3.05, 3.63) is 82.3 Å². The number of anilines is 1. The topological polar surface area (TPSA) is 93.2 Å². The molecule has 0 saturated carbocycles. The molecule has 138 valence electrons. The fraction of sp³-hybridized carbons (Fsp3) is 0.105. The van der Waals surface area contributed by atoms with Gasteiger partial charge < -0.3 is 15.0 Å². The van der Waals surface area contributed by atoms with Gasteiger partial charge in [-0.05, 0) is 49.4 Å². The zero-order valence-corrected chi connectivity index (χ0v) is 14.4. The van der Waals surface area contributed by atoms with Crippen LogP contribution in [0, 0.1) is 12.7 Å². The van der Waals surface area contributed by atoms with Crippen LogP contribution in [0.25, 0.3) is 5.69 Å². The van der Waals surface area contributed by atoms with Gasteiger partial charge in [-0.2, -0.15) is 0 Å². The average molecular weight is 369 g/mol. The van der Waals surface area contributed by atoms with Gasteiger partial charge in [-0.15, -0.1) is 0 Å².